The molecule has 0 bridgehead atoms. The largest absolute Gasteiger partial charge is 0.491 e. The van der Waals surface area contributed by atoms with Crippen LogP contribution in [0.1, 0.15) is 21.6 Å². The summed E-state index contributed by atoms with van der Waals surface area (Å²) in [6, 6.07) is 6.21. The van der Waals surface area contributed by atoms with Crippen LogP contribution in [0.25, 0.3) is 11.3 Å². The number of carbonyl (C=O) groups is 1. The lowest BCUT2D eigenvalue weighted by Gasteiger charge is -2.13. The van der Waals surface area contributed by atoms with Crippen molar-refractivity contribution in [2.45, 2.75) is 13.1 Å². The molecule has 25 heavy (non-hydrogen) atoms. The summed E-state index contributed by atoms with van der Waals surface area (Å²) in [6.45, 7) is 1.17. The van der Waals surface area contributed by atoms with Gasteiger partial charge in [0, 0.05) is 5.56 Å². The summed E-state index contributed by atoms with van der Waals surface area (Å²) in [7, 11) is 1.20. The quantitative estimate of drug-likeness (QED) is 0.834. The maximum Gasteiger partial charge on any atom is 0.416 e. The summed E-state index contributed by atoms with van der Waals surface area (Å²) >= 11 is 0. The summed E-state index contributed by atoms with van der Waals surface area (Å²) in [5.74, 6) is -0.732. The molecule has 0 amide bonds. The third-order valence-electron chi connectivity index (χ3n) is 3.37. The smallest absolute Gasteiger partial charge is 0.416 e. The van der Waals surface area contributed by atoms with E-state index >= 15 is 0 Å². The molecule has 0 radical (unpaired) electrons. The molecule has 0 spiro atoms. The van der Waals surface area contributed by atoms with Crippen molar-refractivity contribution in [3.63, 3.8) is 0 Å². The van der Waals surface area contributed by atoms with E-state index < -0.39 is 17.7 Å². The Bertz CT molecular complexity index is 775. The minimum atomic E-state index is -4.58. The maximum atomic E-state index is 13.1. The third kappa shape index (κ3) is 4.48. The molecule has 0 saturated carbocycles. The Morgan fingerprint density at radius 3 is 2.56 bits per heavy atom. The van der Waals surface area contributed by atoms with Crippen molar-refractivity contribution in [3.8, 4) is 17.0 Å². The summed E-state index contributed by atoms with van der Waals surface area (Å²) in [6.07, 6.45) is -4.58. The number of aryl methyl sites for hydroxylation is 1. The van der Waals surface area contributed by atoms with Crippen LogP contribution in [0, 0.1) is 6.92 Å². The Kier molecular flexibility index (Phi) is 5.63. The number of hydrogen-bond donors (Lipinski definition) is 1. The fraction of sp³-hybridized carbons (Fsp3) is 0.294. The van der Waals surface area contributed by atoms with Crippen molar-refractivity contribution in [3.05, 3.63) is 47.2 Å². The molecule has 5 nitrogen and oxygen atoms in total. The van der Waals surface area contributed by atoms with Crippen LogP contribution in [-0.2, 0) is 10.9 Å². The number of nitrogens with zero attached hydrogens (tertiary/aromatic N) is 1. The fourth-order valence-electron chi connectivity index (χ4n) is 2.15. The molecule has 1 aromatic heterocycles. The van der Waals surface area contributed by atoms with E-state index in [-0.39, 0.29) is 35.9 Å². The number of alkyl halides is 3. The van der Waals surface area contributed by atoms with Gasteiger partial charge in [-0.05, 0) is 36.8 Å². The monoisotopic (exact) mass is 355 g/mol. The van der Waals surface area contributed by atoms with Gasteiger partial charge in [0.1, 0.15) is 12.4 Å². The van der Waals surface area contributed by atoms with Crippen LogP contribution in [0.15, 0.2) is 30.3 Å². The molecule has 1 N–H and O–H groups in total. The summed E-state index contributed by atoms with van der Waals surface area (Å²) in [5.41, 5.74) is -0.0478. The highest BCUT2D eigenvalue weighted by atomic mass is 19.4. The van der Waals surface area contributed by atoms with E-state index in [0.717, 1.165) is 12.1 Å². The lowest BCUT2D eigenvalue weighted by Crippen LogP contribution is -2.09. The molecule has 0 aliphatic rings. The Morgan fingerprint density at radius 1 is 1.24 bits per heavy atom. The first kappa shape index (κ1) is 18.7. The van der Waals surface area contributed by atoms with Gasteiger partial charge in [-0.15, -0.1) is 0 Å². The topological polar surface area (TPSA) is 68.7 Å². The van der Waals surface area contributed by atoms with E-state index in [1.807, 2.05) is 0 Å². The minimum absolute atomic E-state index is 0.0234. The molecule has 134 valence electrons. The van der Waals surface area contributed by atoms with Gasteiger partial charge in [0.25, 0.3) is 0 Å². The maximum absolute atomic E-state index is 13.1. The number of hydrogen-bond acceptors (Lipinski definition) is 5. The lowest BCUT2D eigenvalue weighted by atomic mass is 10.0. The van der Waals surface area contributed by atoms with Crippen molar-refractivity contribution < 1.29 is 32.5 Å². The minimum Gasteiger partial charge on any atom is -0.491 e. The number of methoxy groups -OCH3 is 1. The van der Waals surface area contributed by atoms with Crippen LogP contribution < -0.4 is 4.74 Å². The highest BCUT2D eigenvalue weighted by Gasteiger charge is 2.31. The number of halogens is 3. The standard InChI is InChI=1S/C17H16F3NO4/c1-10-3-4-14(21-15(10)16(23)24-2)11-7-12(17(18,19)20)9-13(8-11)25-6-5-22/h3-4,7-9,22H,5-6H2,1-2H3. The van der Waals surface area contributed by atoms with Crippen LogP contribution in [0.4, 0.5) is 13.2 Å². The number of carbonyl (C=O) groups excluding carboxylic acids is 1. The molecule has 0 fully saturated rings. The van der Waals surface area contributed by atoms with Crippen molar-refractivity contribution >= 4 is 5.97 Å². The molecule has 0 atom stereocenters. The van der Waals surface area contributed by atoms with Gasteiger partial charge in [0.2, 0.25) is 0 Å². The second-order valence-electron chi connectivity index (χ2n) is 5.17. The van der Waals surface area contributed by atoms with E-state index in [9.17, 15) is 18.0 Å². The second kappa shape index (κ2) is 7.52. The number of benzene rings is 1. The molecule has 1 aromatic carbocycles. The molecule has 0 aliphatic carbocycles. The number of pyridine rings is 1. The van der Waals surface area contributed by atoms with Gasteiger partial charge in [-0.1, -0.05) is 6.07 Å². The molecule has 0 saturated heterocycles. The number of aliphatic hydroxyl groups is 1. The number of rotatable bonds is 5. The van der Waals surface area contributed by atoms with E-state index in [4.69, 9.17) is 9.84 Å². The number of esters is 1. The van der Waals surface area contributed by atoms with E-state index in [0.29, 0.717) is 5.56 Å². The number of ether oxygens (including phenoxy) is 2. The molecular weight excluding hydrogens is 339 g/mol. The van der Waals surface area contributed by atoms with E-state index in [1.165, 1.54) is 19.2 Å². The van der Waals surface area contributed by atoms with Crippen molar-refractivity contribution in [2.75, 3.05) is 20.3 Å². The van der Waals surface area contributed by atoms with Gasteiger partial charge in [0.15, 0.2) is 5.69 Å². The Morgan fingerprint density at radius 2 is 1.96 bits per heavy atom. The third-order valence-corrected chi connectivity index (χ3v) is 3.37. The van der Waals surface area contributed by atoms with Crippen LogP contribution in [0.2, 0.25) is 0 Å². The van der Waals surface area contributed by atoms with Gasteiger partial charge in [0.05, 0.1) is 25.0 Å². The first-order valence-corrected chi connectivity index (χ1v) is 7.28. The average Bonchev–Trinajstić information content (AvgIpc) is 2.58. The lowest BCUT2D eigenvalue weighted by molar-refractivity contribution is -0.137. The van der Waals surface area contributed by atoms with Gasteiger partial charge < -0.3 is 14.6 Å². The summed E-state index contributed by atoms with van der Waals surface area (Å²) in [5, 5.41) is 8.79. The van der Waals surface area contributed by atoms with Crippen molar-refractivity contribution in [1.82, 2.24) is 4.98 Å². The van der Waals surface area contributed by atoms with Crippen molar-refractivity contribution in [2.24, 2.45) is 0 Å². The zero-order chi connectivity index (χ0) is 18.6. The van der Waals surface area contributed by atoms with Crippen LogP contribution >= 0.6 is 0 Å². The molecule has 1 heterocycles. The molecule has 8 heteroatoms. The summed E-state index contributed by atoms with van der Waals surface area (Å²) in [4.78, 5) is 15.8. The van der Waals surface area contributed by atoms with E-state index in [1.54, 1.807) is 13.0 Å². The molecule has 2 aromatic rings. The van der Waals surface area contributed by atoms with Crippen molar-refractivity contribution in [1.29, 1.82) is 0 Å². The molecular formula is C17H16F3NO4. The van der Waals surface area contributed by atoms with Gasteiger partial charge >= 0.3 is 12.1 Å². The predicted molar refractivity (Wildman–Crippen MR) is 83.3 cm³/mol. The Labute approximate surface area is 142 Å². The van der Waals surface area contributed by atoms with Gasteiger partial charge in [-0.3, -0.25) is 0 Å². The molecule has 0 aliphatic heterocycles. The van der Waals surface area contributed by atoms with Gasteiger partial charge in [-0.25, -0.2) is 9.78 Å². The highest BCUT2D eigenvalue weighted by Crippen LogP contribution is 2.35. The first-order valence-electron chi connectivity index (χ1n) is 7.28. The SMILES string of the molecule is COC(=O)c1nc(-c2cc(OCCO)cc(C(F)(F)F)c2)ccc1C. The van der Waals surface area contributed by atoms with Gasteiger partial charge in [-0.2, -0.15) is 13.2 Å². The van der Waals surface area contributed by atoms with Crippen LogP contribution in [-0.4, -0.2) is 36.4 Å². The summed E-state index contributed by atoms with van der Waals surface area (Å²) < 4.78 is 49.1. The highest BCUT2D eigenvalue weighted by molar-refractivity contribution is 5.89. The Balaban J connectivity index is 2.55. The fourth-order valence-corrected chi connectivity index (χ4v) is 2.15. The normalized spacial score (nSPS) is 11.3. The van der Waals surface area contributed by atoms with Crippen LogP contribution in [0.5, 0.6) is 5.75 Å². The zero-order valence-electron chi connectivity index (χ0n) is 13.6. The Hall–Kier alpha value is -2.61. The zero-order valence-corrected chi connectivity index (χ0v) is 13.6. The van der Waals surface area contributed by atoms with Crippen LogP contribution in [0.3, 0.4) is 0 Å². The number of aromatic nitrogens is 1. The predicted octanol–water partition coefficient (Wildman–Crippen LogP) is 3.23. The molecule has 0 unspecified atom stereocenters. The molecule has 2 rings (SSSR count). The first-order chi connectivity index (χ1) is 11.8. The number of aliphatic hydroxyl groups excluding tert-OH is 1. The second-order valence-corrected chi connectivity index (χ2v) is 5.17. The van der Waals surface area contributed by atoms with E-state index in [2.05, 4.69) is 9.72 Å². The average molecular weight is 355 g/mol.